The fourth-order valence-corrected chi connectivity index (χ4v) is 3.34. The van der Waals surface area contributed by atoms with Crippen LogP contribution in [0.3, 0.4) is 0 Å². The standard InChI is InChI=1S/C19H22FN5/c20-16-6-4-14(5-7-16)19-15(12-22-24-19)11-21-9-8-17-13-25-10-2-1-3-18(25)23-17/h4-7,12-13,21H,1-3,8-11H2,(H,22,24). The lowest BCUT2D eigenvalue weighted by molar-refractivity contribution is 0.522. The molecule has 0 amide bonds. The van der Waals surface area contributed by atoms with E-state index >= 15 is 0 Å². The van der Waals surface area contributed by atoms with E-state index in [9.17, 15) is 4.39 Å². The molecule has 2 N–H and O–H groups in total. The molecule has 1 aromatic carbocycles. The van der Waals surface area contributed by atoms with Crippen molar-refractivity contribution in [2.45, 2.75) is 38.8 Å². The summed E-state index contributed by atoms with van der Waals surface area (Å²) in [7, 11) is 0. The highest BCUT2D eigenvalue weighted by Crippen LogP contribution is 2.21. The summed E-state index contributed by atoms with van der Waals surface area (Å²) in [4.78, 5) is 4.73. The number of hydrogen-bond donors (Lipinski definition) is 2. The van der Waals surface area contributed by atoms with E-state index in [4.69, 9.17) is 4.98 Å². The number of benzene rings is 1. The van der Waals surface area contributed by atoms with Crippen LogP contribution in [0.15, 0.2) is 36.7 Å². The number of aryl methyl sites for hydroxylation is 2. The summed E-state index contributed by atoms with van der Waals surface area (Å²) in [6, 6.07) is 6.46. The predicted molar refractivity (Wildman–Crippen MR) is 94.6 cm³/mol. The van der Waals surface area contributed by atoms with Crippen LogP contribution in [-0.2, 0) is 25.9 Å². The summed E-state index contributed by atoms with van der Waals surface area (Å²) in [5.74, 6) is 1.00. The molecule has 2 aromatic heterocycles. The highest BCUT2D eigenvalue weighted by atomic mass is 19.1. The SMILES string of the molecule is Fc1ccc(-c2[nH]ncc2CNCCc2cn3c(n2)CCCC3)cc1. The Morgan fingerprint density at radius 1 is 1.20 bits per heavy atom. The Morgan fingerprint density at radius 3 is 2.92 bits per heavy atom. The van der Waals surface area contributed by atoms with Crippen LogP contribution in [0.4, 0.5) is 4.39 Å². The molecular weight excluding hydrogens is 317 g/mol. The maximum atomic E-state index is 13.1. The molecule has 0 spiro atoms. The topological polar surface area (TPSA) is 58.5 Å². The molecule has 0 unspecified atom stereocenters. The van der Waals surface area contributed by atoms with Gasteiger partial charge in [-0.05, 0) is 37.1 Å². The van der Waals surface area contributed by atoms with E-state index < -0.39 is 0 Å². The monoisotopic (exact) mass is 339 g/mol. The number of fused-ring (bicyclic) bond motifs is 1. The van der Waals surface area contributed by atoms with Crippen LogP contribution in [0, 0.1) is 5.82 Å². The summed E-state index contributed by atoms with van der Waals surface area (Å²) in [5, 5.41) is 10.6. The molecule has 4 rings (SSSR count). The molecule has 0 radical (unpaired) electrons. The molecule has 3 aromatic rings. The van der Waals surface area contributed by atoms with E-state index in [1.54, 1.807) is 12.1 Å². The second-order valence-electron chi connectivity index (χ2n) is 6.50. The van der Waals surface area contributed by atoms with Crippen LogP contribution in [0.5, 0.6) is 0 Å². The summed E-state index contributed by atoms with van der Waals surface area (Å²) in [6.07, 6.45) is 8.54. The van der Waals surface area contributed by atoms with Gasteiger partial charge in [-0.25, -0.2) is 9.37 Å². The molecule has 6 heteroatoms. The highest BCUT2D eigenvalue weighted by Gasteiger charge is 2.12. The molecule has 1 aliphatic heterocycles. The van der Waals surface area contributed by atoms with Crippen molar-refractivity contribution in [1.29, 1.82) is 0 Å². The van der Waals surface area contributed by atoms with E-state index in [2.05, 4.69) is 26.3 Å². The maximum absolute atomic E-state index is 13.1. The molecule has 0 aliphatic carbocycles. The molecule has 3 heterocycles. The van der Waals surface area contributed by atoms with Gasteiger partial charge in [0.15, 0.2) is 0 Å². The third-order valence-electron chi connectivity index (χ3n) is 4.68. The zero-order chi connectivity index (χ0) is 17.1. The first-order valence-corrected chi connectivity index (χ1v) is 8.83. The molecule has 130 valence electrons. The fourth-order valence-electron chi connectivity index (χ4n) is 3.34. The first kappa shape index (κ1) is 16.0. The summed E-state index contributed by atoms with van der Waals surface area (Å²) >= 11 is 0. The number of hydrogen-bond acceptors (Lipinski definition) is 3. The molecule has 0 saturated carbocycles. The van der Waals surface area contributed by atoms with Crippen LogP contribution in [0.1, 0.15) is 29.9 Å². The minimum absolute atomic E-state index is 0.231. The Hall–Kier alpha value is -2.47. The van der Waals surface area contributed by atoms with E-state index in [-0.39, 0.29) is 5.82 Å². The Balaban J connectivity index is 1.33. The Kier molecular flexibility index (Phi) is 4.61. The average molecular weight is 339 g/mol. The van der Waals surface area contributed by atoms with Crippen molar-refractivity contribution >= 4 is 0 Å². The Morgan fingerprint density at radius 2 is 2.08 bits per heavy atom. The van der Waals surface area contributed by atoms with Gasteiger partial charge in [-0.1, -0.05) is 0 Å². The lowest BCUT2D eigenvalue weighted by atomic mass is 10.1. The van der Waals surface area contributed by atoms with Crippen molar-refractivity contribution in [1.82, 2.24) is 25.1 Å². The summed E-state index contributed by atoms with van der Waals surface area (Å²) < 4.78 is 15.4. The van der Waals surface area contributed by atoms with Crippen molar-refractivity contribution in [3.05, 3.63) is 59.6 Å². The lowest BCUT2D eigenvalue weighted by Gasteiger charge is -2.11. The van der Waals surface area contributed by atoms with Crippen LogP contribution < -0.4 is 5.32 Å². The molecule has 0 fully saturated rings. The van der Waals surface area contributed by atoms with Crippen molar-refractivity contribution in [2.75, 3.05) is 6.54 Å². The molecule has 5 nitrogen and oxygen atoms in total. The molecule has 25 heavy (non-hydrogen) atoms. The van der Waals surface area contributed by atoms with Gasteiger partial charge in [-0.2, -0.15) is 5.10 Å². The van der Waals surface area contributed by atoms with Gasteiger partial charge in [0.2, 0.25) is 0 Å². The molecule has 1 aliphatic rings. The smallest absolute Gasteiger partial charge is 0.123 e. The molecule has 0 bridgehead atoms. The third kappa shape index (κ3) is 3.64. The molecular formula is C19H22FN5. The first-order valence-electron chi connectivity index (χ1n) is 8.83. The van der Waals surface area contributed by atoms with E-state index in [1.807, 2.05) is 6.20 Å². The van der Waals surface area contributed by atoms with Crippen molar-refractivity contribution in [3.63, 3.8) is 0 Å². The van der Waals surface area contributed by atoms with Crippen molar-refractivity contribution in [3.8, 4) is 11.3 Å². The van der Waals surface area contributed by atoms with Gasteiger partial charge in [0.1, 0.15) is 11.6 Å². The largest absolute Gasteiger partial charge is 0.335 e. The Bertz CT molecular complexity index is 810. The summed E-state index contributed by atoms with van der Waals surface area (Å²) in [6.45, 7) is 2.69. The van der Waals surface area contributed by atoms with Gasteiger partial charge in [-0.15, -0.1) is 0 Å². The number of aromatic nitrogens is 4. The molecule has 0 atom stereocenters. The predicted octanol–water partition coefficient (Wildman–Crippen LogP) is 3.08. The van der Waals surface area contributed by atoms with E-state index in [0.717, 1.165) is 55.0 Å². The highest BCUT2D eigenvalue weighted by molar-refractivity contribution is 5.62. The van der Waals surface area contributed by atoms with Crippen LogP contribution in [0.25, 0.3) is 11.3 Å². The van der Waals surface area contributed by atoms with Gasteiger partial charge in [0.25, 0.3) is 0 Å². The fraction of sp³-hybridized carbons (Fsp3) is 0.368. The average Bonchev–Trinajstić information content (AvgIpc) is 3.25. The normalized spacial score (nSPS) is 13.8. The van der Waals surface area contributed by atoms with Crippen LogP contribution in [-0.4, -0.2) is 26.3 Å². The zero-order valence-electron chi connectivity index (χ0n) is 14.1. The Labute approximate surface area is 146 Å². The van der Waals surface area contributed by atoms with Gasteiger partial charge in [0.05, 0.1) is 17.6 Å². The zero-order valence-corrected chi connectivity index (χ0v) is 14.1. The van der Waals surface area contributed by atoms with Gasteiger partial charge < -0.3 is 9.88 Å². The minimum atomic E-state index is -0.231. The van der Waals surface area contributed by atoms with E-state index in [1.165, 1.54) is 30.8 Å². The molecule has 0 saturated heterocycles. The summed E-state index contributed by atoms with van der Waals surface area (Å²) in [5.41, 5.74) is 4.12. The maximum Gasteiger partial charge on any atom is 0.123 e. The quantitative estimate of drug-likeness (QED) is 0.679. The number of H-pyrrole nitrogens is 1. The number of nitrogens with one attached hydrogen (secondary N) is 2. The van der Waals surface area contributed by atoms with Crippen LogP contribution in [0.2, 0.25) is 0 Å². The second kappa shape index (κ2) is 7.19. The second-order valence-corrected chi connectivity index (χ2v) is 6.50. The van der Waals surface area contributed by atoms with Gasteiger partial charge in [-0.3, -0.25) is 5.10 Å². The number of halogens is 1. The van der Waals surface area contributed by atoms with Gasteiger partial charge >= 0.3 is 0 Å². The number of nitrogens with zero attached hydrogens (tertiary/aromatic N) is 3. The van der Waals surface area contributed by atoms with Crippen LogP contribution >= 0.6 is 0 Å². The lowest BCUT2D eigenvalue weighted by Crippen LogP contribution is -2.17. The third-order valence-corrected chi connectivity index (χ3v) is 4.68. The van der Waals surface area contributed by atoms with Crippen molar-refractivity contribution in [2.24, 2.45) is 0 Å². The van der Waals surface area contributed by atoms with Gasteiger partial charge in [0, 0.05) is 49.8 Å². The number of imidazole rings is 1. The minimum Gasteiger partial charge on any atom is -0.335 e. The first-order chi connectivity index (χ1) is 12.3. The number of aromatic amines is 1. The van der Waals surface area contributed by atoms with Crippen molar-refractivity contribution < 1.29 is 4.39 Å². The van der Waals surface area contributed by atoms with E-state index in [0.29, 0.717) is 0 Å². The number of rotatable bonds is 6.